The number of methoxy groups -OCH3 is 2. The lowest BCUT2D eigenvalue weighted by molar-refractivity contribution is 0.355. The standard InChI is InChI=1S/C21H18N4O3S/c1-26-16-10-14-15(11-17(16)27-2)22-18(12-6-4-3-5-7-12)23-20(14)29-21-25-24-19(28-21)13-8-9-13/h3-7,10-11,13H,8-9H2,1-2H3. The molecule has 8 heteroatoms. The van der Waals surface area contributed by atoms with Crippen LogP contribution >= 0.6 is 11.8 Å². The van der Waals surface area contributed by atoms with Crippen molar-refractivity contribution < 1.29 is 13.9 Å². The largest absolute Gasteiger partial charge is 0.493 e. The Morgan fingerprint density at radius 2 is 1.72 bits per heavy atom. The molecular formula is C21H18N4O3S. The smallest absolute Gasteiger partial charge is 0.282 e. The van der Waals surface area contributed by atoms with Crippen LogP contribution < -0.4 is 9.47 Å². The maximum absolute atomic E-state index is 5.83. The minimum absolute atomic E-state index is 0.406. The van der Waals surface area contributed by atoms with E-state index in [0.29, 0.717) is 34.4 Å². The van der Waals surface area contributed by atoms with Gasteiger partial charge in [0.15, 0.2) is 17.3 Å². The summed E-state index contributed by atoms with van der Waals surface area (Å²) >= 11 is 1.34. The van der Waals surface area contributed by atoms with Crippen molar-refractivity contribution in [3.05, 3.63) is 48.4 Å². The van der Waals surface area contributed by atoms with Gasteiger partial charge in [0.05, 0.1) is 19.7 Å². The van der Waals surface area contributed by atoms with Crippen molar-refractivity contribution in [1.82, 2.24) is 20.2 Å². The third-order valence-electron chi connectivity index (χ3n) is 4.73. The maximum Gasteiger partial charge on any atom is 0.282 e. The van der Waals surface area contributed by atoms with Crippen molar-refractivity contribution >= 4 is 22.7 Å². The van der Waals surface area contributed by atoms with Gasteiger partial charge in [-0.2, -0.15) is 0 Å². The molecular weight excluding hydrogens is 388 g/mol. The Morgan fingerprint density at radius 1 is 0.966 bits per heavy atom. The van der Waals surface area contributed by atoms with E-state index in [-0.39, 0.29) is 0 Å². The molecule has 0 bridgehead atoms. The molecule has 7 nitrogen and oxygen atoms in total. The predicted octanol–water partition coefficient (Wildman–Crippen LogP) is 4.73. The first kappa shape index (κ1) is 17.9. The molecule has 1 aliphatic rings. The van der Waals surface area contributed by atoms with Gasteiger partial charge in [0.1, 0.15) is 5.03 Å². The molecule has 0 saturated heterocycles. The monoisotopic (exact) mass is 406 g/mol. The molecule has 0 amide bonds. The summed E-state index contributed by atoms with van der Waals surface area (Å²) in [7, 11) is 3.21. The number of aromatic nitrogens is 4. The summed E-state index contributed by atoms with van der Waals surface area (Å²) in [5, 5.41) is 10.4. The van der Waals surface area contributed by atoms with Crippen LogP contribution in [0.4, 0.5) is 0 Å². The highest BCUT2D eigenvalue weighted by Crippen LogP contribution is 2.42. The highest BCUT2D eigenvalue weighted by Gasteiger charge is 2.29. The number of hydrogen-bond donors (Lipinski definition) is 0. The Bertz CT molecular complexity index is 1180. The van der Waals surface area contributed by atoms with Crippen molar-refractivity contribution in [2.45, 2.75) is 29.0 Å². The first-order valence-corrected chi connectivity index (χ1v) is 10.1. The maximum atomic E-state index is 5.83. The van der Waals surface area contributed by atoms with Gasteiger partial charge in [0.2, 0.25) is 5.89 Å². The van der Waals surface area contributed by atoms with E-state index in [0.717, 1.165) is 34.3 Å². The predicted molar refractivity (Wildman–Crippen MR) is 108 cm³/mol. The molecule has 29 heavy (non-hydrogen) atoms. The molecule has 0 radical (unpaired) electrons. The summed E-state index contributed by atoms with van der Waals surface area (Å²) in [5.74, 6) is 2.95. The van der Waals surface area contributed by atoms with Gasteiger partial charge in [-0.1, -0.05) is 30.3 Å². The first-order valence-electron chi connectivity index (χ1n) is 9.25. The Hall–Kier alpha value is -3.13. The molecule has 4 aromatic rings. The summed E-state index contributed by atoms with van der Waals surface area (Å²) in [4.78, 5) is 9.54. The van der Waals surface area contributed by atoms with Crippen LogP contribution in [0.3, 0.4) is 0 Å². The van der Waals surface area contributed by atoms with Crippen molar-refractivity contribution in [3.63, 3.8) is 0 Å². The Morgan fingerprint density at radius 3 is 2.45 bits per heavy atom. The second-order valence-corrected chi connectivity index (χ2v) is 7.67. The number of fused-ring (bicyclic) bond motifs is 1. The molecule has 1 saturated carbocycles. The van der Waals surface area contributed by atoms with Crippen LogP contribution in [0.1, 0.15) is 24.7 Å². The van der Waals surface area contributed by atoms with Gasteiger partial charge in [-0.3, -0.25) is 0 Å². The zero-order valence-electron chi connectivity index (χ0n) is 16.0. The minimum atomic E-state index is 0.406. The summed E-state index contributed by atoms with van der Waals surface area (Å²) in [5.41, 5.74) is 1.68. The fraction of sp³-hybridized carbons (Fsp3) is 0.238. The first-order chi connectivity index (χ1) is 14.2. The van der Waals surface area contributed by atoms with E-state index in [2.05, 4.69) is 10.2 Å². The second-order valence-electron chi connectivity index (χ2n) is 6.73. The van der Waals surface area contributed by atoms with E-state index in [1.165, 1.54) is 11.8 Å². The van der Waals surface area contributed by atoms with Crippen molar-refractivity contribution in [2.24, 2.45) is 0 Å². The highest BCUT2D eigenvalue weighted by molar-refractivity contribution is 7.99. The van der Waals surface area contributed by atoms with E-state index in [1.807, 2.05) is 42.5 Å². The molecule has 1 fully saturated rings. The average Bonchev–Trinajstić information content (AvgIpc) is 3.52. The molecule has 2 heterocycles. The van der Waals surface area contributed by atoms with Crippen LogP contribution in [-0.2, 0) is 0 Å². The van der Waals surface area contributed by atoms with Gasteiger partial charge in [-0.05, 0) is 30.7 Å². The number of nitrogens with zero attached hydrogens (tertiary/aromatic N) is 4. The Balaban J connectivity index is 1.65. The van der Waals surface area contributed by atoms with Gasteiger partial charge >= 0.3 is 0 Å². The van der Waals surface area contributed by atoms with Crippen LogP contribution in [0.15, 0.2) is 57.1 Å². The van der Waals surface area contributed by atoms with E-state index < -0.39 is 0 Å². The van der Waals surface area contributed by atoms with E-state index in [9.17, 15) is 0 Å². The zero-order valence-corrected chi connectivity index (χ0v) is 16.8. The number of hydrogen-bond acceptors (Lipinski definition) is 8. The third-order valence-corrected chi connectivity index (χ3v) is 5.57. The molecule has 0 spiro atoms. The van der Waals surface area contributed by atoms with Gasteiger partial charge < -0.3 is 13.9 Å². The molecule has 0 N–H and O–H groups in total. The summed E-state index contributed by atoms with van der Waals surface area (Å²) in [6, 6.07) is 13.6. The molecule has 0 atom stereocenters. The lowest BCUT2D eigenvalue weighted by Crippen LogP contribution is -1.97. The molecule has 5 rings (SSSR count). The lowest BCUT2D eigenvalue weighted by Gasteiger charge is -2.12. The SMILES string of the molecule is COc1cc2nc(-c3ccccc3)nc(Sc3nnc(C4CC4)o3)c2cc1OC. The topological polar surface area (TPSA) is 83.2 Å². The Kier molecular flexibility index (Phi) is 4.55. The van der Waals surface area contributed by atoms with Crippen LogP contribution in [0.2, 0.25) is 0 Å². The van der Waals surface area contributed by atoms with Gasteiger partial charge in [0, 0.05) is 22.9 Å². The molecule has 2 aromatic heterocycles. The number of rotatable bonds is 6. The molecule has 1 aliphatic carbocycles. The lowest BCUT2D eigenvalue weighted by atomic mass is 10.2. The van der Waals surface area contributed by atoms with E-state index >= 15 is 0 Å². The fourth-order valence-electron chi connectivity index (χ4n) is 3.06. The minimum Gasteiger partial charge on any atom is -0.493 e. The number of ether oxygens (including phenoxy) is 2. The van der Waals surface area contributed by atoms with Gasteiger partial charge in [0.25, 0.3) is 5.22 Å². The normalized spacial score (nSPS) is 13.6. The van der Waals surface area contributed by atoms with Crippen LogP contribution in [-0.4, -0.2) is 34.4 Å². The van der Waals surface area contributed by atoms with E-state index in [1.54, 1.807) is 14.2 Å². The van der Waals surface area contributed by atoms with E-state index in [4.69, 9.17) is 23.9 Å². The average molecular weight is 406 g/mol. The van der Waals surface area contributed by atoms with Crippen molar-refractivity contribution in [3.8, 4) is 22.9 Å². The fourth-order valence-corrected chi connectivity index (χ4v) is 3.84. The summed E-state index contributed by atoms with van der Waals surface area (Å²) in [6.07, 6.45) is 2.22. The Labute approximate surface area is 171 Å². The molecule has 2 aromatic carbocycles. The zero-order chi connectivity index (χ0) is 19.8. The second kappa shape index (κ2) is 7.36. The van der Waals surface area contributed by atoms with Gasteiger partial charge in [-0.25, -0.2) is 9.97 Å². The van der Waals surface area contributed by atoms with Gasteiger partial charge in [-0.15, -0.1) is 10.2 Å². The third kappa shape index (κ3) is 3.51. The molecule has 0 aliphatic heterocycles. The van der Waals surface area contributed by atoms with Crippen LogP contribution in [0.25, 0.3) is 22.3 Å². The van der Waals surface area contributed by atoms with Crippen molar-refractivity contribution in [1.29, 1.82) is 0 Å². The summed E-state index contributed by atoms with van der Waals surface area (Å²) in [6.45, 7) is 0. The van der Waals surface area contributed by atoms with Crippen LogP contribution in [0, 0.1) is 0 Å². The molecule has 146 valence electrons. The quantitative estimate of drug-likeness (QED) is 0.425. The summed E-state index contributed by atoms with van der Waals surface area (Å²) < 4.78 is 16.8. The number of benzene rings is 2. The van der Waals surface area contributed by atoms with Crippen molar-refractivity contribution in [2.75, 3.05) is 14.2 Å². The molecule has 0 unspecified atom stereocenters. The highest BCUT2D eigenvalue weighted by atomic mass is 32.2. The van der Waals surface area contributed by atoms with Crippen LogP contribution in [0.5, 0.6) is 11.5 Å².